The molecule has 0 saturated heterocycles. The zero-order valence-corrected chi connectivity index (χ0v) is 13.3. The van der Waals surface area contributed by atoms with Crippen LogP contribution in [0.5, 0.6) is 0 Å². The SMILES string of the molecule is CCCCCCCCCC(=O)NC1CCCCC1CN. The fourth-order valence-corrected chi connectivity index (χ4v) is 3.20. The van der Waals surface area contributed by atoms with Crippen molar-refractivity contribution in [2.75, 3.05) is 6.54 Å². The first-order valence-electron chi connectivity index (χ1n) is 8.77. The third-order valence-electron chi connectivity index (χ3n) is 4.57. The number of hydrogen-bond donors (Lipinski definition) is 2. The van der Waals surface area contributed by atoms with Gasteiger partial charge in [-0.3, -0.25) is 4.79 Å². The second-order valence-corrected chi connectivity index (χ2v) is 6.33. The molecule has 2 unspecified atom stereocenters. The maximum atomic E-state index is 12.0. The molecule has 1 rings (SSSR count). The van der Waals surface area contributed by atoms with E-state index in [0.29, 0.717) is 24.9 Å². The Balaban J connectivity index is 2.04. The summed E-state index contributed by atoms with van der Waals surface area (Å²) in [4.78, 5) is 12.0. The maximum Gasteiger partial charge on any atom is 0.220 e. The van der Waals surface area contributed by atoms with Crippen molar-refractivity contribution >= 4 is 5.91 Å². The number of nitrogens with two attached hydrogens (primary N) is 1. The summed E-state index contributed by atoms with van der Waals surface area (Å²) in [6, 6.07) is 0.339. The fraction of sp³-hybridized carbons (Fsp3) is 0.941. The van der Waals surface area contributed by atoms with Crippen LogP contribution in [0.15, 0.2) is 0 Å². The zero-order valence-electron chi connectivity index (χ0n) is 13.3. The van der Waals surface area contributed by atoms with E-state index in [9.17, 15) is 4.79 Å². The fourth-order valence-electron chi connectivity index (χ4n) is 3.20. The monoisotopic (exact) mass is 282 g/mol. The molecule has 0 aromatic carbocycles. The first-order valence-corrected chi connectivity index (χ1v) is 8.77. The lowest BCUT2D eigenvalue weighted by molar-refractivity contribution is -0.122. The van der Waals surface area contributed by atoms with Gasteiger partial charge in [-0.1, -0.05) is 58.3 Å². The summed E-state index contributed by atoms with van der Waals surface area (Å²) in [6.45, 7) is 2.95. The van der Waals surface area contributed by atoms with Crippen LogP contribution >= 0.6 is 0 Å². The van der Waals surface area contributed by atoms with Crippen LogP contribution in [0, 0.1) is 5.92 Å². The molecule has 1 amide bonds. The van der Waals surface area contributed by atoms with Gasteiger partial charge < -0.3 is 11.1 Å². The molecule has 0 aliphatic heterocycles. The van der Waals surface area contributed by atoms with Gasteiger partial charge in [-0.15, -0.1) is 0 Å². The van der Waals surface area contributed by atoms with Crippen molar-refractivity contribution in [3.05, 3.63) is 0 Å². The minimum absolute atomic E-state index is 0.240. The summed E-state index contributed by atoms with van der Waals surface area (Å²) in [5, 5.41) is 3.21. The zero-order chi connectivity index (χ0) is 14.6. The van der Waals surface area contributed by atoms with Gasteiger partial charge in [-0.05, 0) is 31.7 Å². The summed E-state index contributed by atoms with van der Waals surface area (Å²) < 4.78 is 0. The highest BCUT2D eigenvalue weighted by Crippen LogP contribution is 2.23. The van der Waals surface area contributed by atoms with Crippen molar-refractivity contribution in [3.8, 4) is 0 Å². The van der Waals surface area contributed by atoms with Crippen LogP contribution in [-0.4, -0.2) is 18.5 Å². The molecule has 0 heterocycles. The molecule has 0 aromatic rings. The van der Waals surface area contributed by atoms with Gasteiger partial charge in [0.1, 0.15) is 0 Å². The molecule has 1 fully saturated rings. The topological polar surface area (TPSA) is 55.1 Å². The lowest BCUT2D eigenvalue weighted by atomic mass is 9.84. The summed E-state index contributed by atoms with van der Waals surface area (Å²) >= 11 is 0. The van der Waals surface area contributed by atoms with Gasteiger partial charge in [0.15, 0.2) is 0 Å². The van der Waals surface area contributed by atoms with E-state index in [1.165, 1.54) is 57.8 Å². The molecule has 0 aromatic heterocycles. The molecule has 3 heteroatoms. The van der Waals surface area contributed by atoms with Crippen molar-refractivity contribution in [2.24, 2.45) is 11.7 Å². The van der Waals surface area contributed by atoms with Gasteiger partial charge in [0.2, 0.25) is 5.91 Å². The van der Waals surface area contributed by atoms with Crippen molar-refractivity contribution in [3.63, 3.8) is 0 Å². The summed E-state index contributed by atoms with van der Waals surface area (Å²) in [6.07, 6.45) is 14.3. The second-order valence-electron chi connectivity index (χ2n) is 6.33. The smallest absolute Gasteiger partial charge is 0.220 e. The number of hydrogen-bond acceptors (Lipinski definition) is 2. The summed E-state index contributed by atoms with van der Waals surface area (Å²) in [5.41, 5.74) is 5.80. The average Bonchev–Trinajstić information content (AvgIpc) is 2.47. The minimum Gasteiger partial charge on any atom is -0.353 e. The van der Waals surface area contributed by atoms with Crippen LogP contribution in [-0.2, 0) is 4.79 Å². The van der Waals surface area contributed by atoms with E-state index in [0.717, 1.165) is 12.8 Å². The number of rotatable bonds is 10. The van der Waals surface area contributed by atoms with E-state index in [2.05, 4.69) is 12.2 Å². The minimum atomic E-state index is 0.240. The third-order valence-corrected chi connectivity index (χ3v) is 4.57. The molecule has 20 heavy (non-hydrogen) atoms. The lowest BCUT2D eigenvalue weighted by Crippen LogP contribution is -2.44. The van der Waals surface area contributed by atoms with Crippen LogP contribution in [0.3, 0.4) is 0 Å². The van der Waals surface area contributed by atoms with Crippen molar-refractivity contribution in [1.29, 1.82) is 0 Å². The molecule has 0 bridgehead atoms. The van der Waals surface area contributed by atoms with Gasteiger partial charge >= 0.3 is 0 Å². The Hall–Kier alpha value is -0.570. The van der Waals surface area contributed by atoms with Crippen molar-refractivity contribution in [2.45, 2.75) is 90.0 Å². The highest BCUT2D eigenvalue weighted by molar-refractivity contribution is 5.76. The van der Waals surface area contributed by atoms with Crippen LogP contribution in [0.2, 0.25) is 0 Å². The Labute approximate surface area is 125 Å². The number of amides is 1. The molecule has 1 saturated carbocycles. The van der Waals surface area contributed by atoms with Crippen LogP contribution in [0.4, 0.5) is 0 Å². The number of carbonyl (C=O) groups is 1. The van der Waals surface area contributed by atoms with Gasteiger partial charge in [0.25, 0.3) is 0 Å². The summed E-state index contributed by atoms with van der Waals surface area (Å²) in [5.74, 6) is 0.741. The van der Waals surface area contributed by atoms with E-state index < -0.39 is 0 Å². The standard InChI is InChI=1S/C17H34N2O/c1-2-3-4-5-6-7-8-13-17(20)19-16-12-10-9-11-15(16)14-18/h15-16H,2-14,18H2,1H3,(H,19,20). The van der Waals surface area contributed by atoms with Crippen LogP contribution < -0.4 is 11.1 Å². The van der Waals surface area contributed by atoms with E-state index in [-0.39, 0.29) is 5.91 Å². The lowest BCUT2D eigenvalue weighted by Gasteiger charge is -2.31. The van der Waals surface area contributed by atoms with Crippen molar-refractivity contribution < 1.29 is 4.79 Å². The Morgan fingerprint density at radius 1 is 1.05 bits per heavy atom. The molecule has 3 N–H and O–H groups in total. The molecule has 2 atom stereocenters. The average molecular weight is 282 g/mol. The Morgan fingerprint density at radius 3 is 2.40 bits per heavy atom. The van der Waals surface area contributed by atoms with E-state index in [4.69, 9.17) is 5.73 Å². The Kier molecular flexibility index (Phi) is 9.73. The number of carbonyl (C=O) groups excluding carboxylic acids is 1. The Bertz CT molecular complexity index is 255. The van der Waals surface area contributed by atoms with Crippen LogP contribution in [0.1, 0.15) is 84.0 Å². The quantitative estimate of drug-likeness (QED) is 0.599. The molecular weight excluding hydrogens is 248 g/mol. The Morgan fingerprint density at radius 2 is 1.70 bits per heavy atom. The highest BCUT2D eigenvalue weighted by Gasteiger charge is 2.24. The van der Waals surface area contributed by atoms with Crippen LogP contribution in [0.25, 0.3) is 0 Å². The maximum absolute atomic E-state index is 12.0. The largest absolute Gasteiger partial charge is 0.353 e. The molecule has 1 aliphatic carbocycles. The number of nitrogens with one attached hydrogen (secondary N) is 1. The molecule has 3 nitrogen and oxygen atoms in total. The predicted molar refractivity (Wildman–Crippen MR) is 85.6 cm³/mol. The highest BCUT2D eigenvalue weighted by atomic mass is 16.1. The van der Waals surface area contributed by atoms with E-state index in [1.807, 2.05) is 0 Å². The van der Waals surface area contributed by atoms with Gasteiger partial charge in [0, 0.05) is 12.5 Å². The van der Waals surface area contributed by atoms with Gasteiger partial charge in [0.05, 0.1) is 0 Å². The van der Waals surface area contributed by atoms with Crippen molar-refractivity contribution in [1.82, 2.24) is 5.32 Å². The first-order chi connectivity index (χ1) is 9.77. The predicted octanol–water partition coefficient (Wildman–Crippen LogP) is 3.76. The third kappa shape index (κ3) is 7.28. The molecule has 118 valence electrons. The summed E-state index contributed by atoms with van der Waals surface area (Å²) in [7, 11) is 0. The molecule has 1 aliphatic rings. The van der Waals surface area contributed by atoms with E-state index in [1.54, 1.807) is 0 Å². The second kappa shape index (κ2) is 11.1. The molecular formula is C17H34N2O. The molecule has 0 spiro atoms. The van der Waals surface area contributed by atoms with Gasteiger partial charge in [-0.25, -0.2) is 0 Å². The van der Waals surface area contributed by atoms with Gasteiger partial charge in [-0.2, -0.15) is 0 Å². The first kappa shape index (κ1) is 17.5. The van der Waals surface area contributed by atoms with E-state index >= 15 is 0 Å². The normalized spacial score (nSPS) is 22.7. The molecule has 0 radical (unpaired) electrons. The number of unbranched alkanes of at least 4 members (excludes halogenated alkanes) is 6.